The third-order valence-electron chi connectivity index (χ3n) is 5.37. The number of nitrogens with two attached hydrogens (primary N) is 1. The highest BCUT2D eigenvalue weighted by molar-refractivity contribution is 5.96. The molecule has 10 nitrogen and oxygen atoms in total. The SMILES string of the molecule is CCc1nc(C(N)=O)c(Nc2cccc(C#CCCNC(=O)OC(C)(C)C)c2)nc1NC1CCOCC1. The first-order chi connectivity index (χ1) is 17.6. The van der Waals surface area contributed by atoms with Gasteiger partial charge in [0.05, 0.1) is 5.69 Å². The highest BCUT2D eigenvalue weighted by atomic mass is 16.6. The summed E-state index contributed by atoms with van der Waals surface area (Å²) in [6.45, 7) is 9.17. The largest absolute Gasteiger partial charge is 0.444 e. The highest BCUT2D eigenvalue weighted by Gasteiger charge is 2.21. The van der Waals surface area contributed by atoms with E-state index in [4.69, 9.17) is 20.2 Å². The molecule has 1 saturated heterocycles. The number of nitrogens with one attached hydrogen (secondary N) is 3. The number of rotatable bonds is 8. The molecule has 0 bridgehead atoms. The molecule has 0 saturated carbocycles. The third kappa shape index (κ3) is 8.95. The van der Waals surface area contributed by atoms with Crippen molar-refractivity contribution >= 4 is 29.3 Å². The molecule has 5 N–H and O–H groups in total. The lowest BCUT2D eigenvalue weighted by atomic mass is 10.1. The summed E-state index contributed by atoms with van der Waals surface area (Å²) in [4.78, 5) is 33.1. The number of carbonyl (C=O) groups excluding carboxylic acids is 2. The topological polar surface area (TPSA) is 140 Å². The van der Waals surface area contributed by atoms with Crippen LogP contribution in [0.5, 0.6) is 0 Å². The number of amides is 2. The van der Waals surface area contributed by atoms with Crippen LogP contribution in [-0.2, 0) is 15.9 Å². The van der Waals surface area contributed by atoms with Crippen molar-refractivity contribution in [2.45, 2.75) is 65.0 Å². The molecule has 1 aromatic carbocycles. The van der Waals surface area contributed by atoms with Gasteiger partial charge < -0.3 is 31.2 Å². The molecule has 1 aliphatic rings. The van der Waals surface area contributed by atoms with E-state index in [0.717, 1.165) is 18.4 Å². The van der Waals surface area contributed by atoms with Crippen LogP contribution in [-0.4, -0.2) is 53.4 Å². The van der Waals surface area contributed by atoms with E-state index in [0.29, 0.717) is 49.8 Å². The number of anilines is 3. The van der Waals surface area contributed by atoms with Crippen LogP contribution >= 0.6 is 0 Å². The quantitative estimate of drug-likeness (QED) is 0.312. The number of hydrogen-bond donors (Lipinski definition) is 4. The minimum Gasteiger partial charge on any atom is -0.444 e. The number of primary amides is 1. The smallest absolute Gasteiger partial charge is 0.407 e. The van der Waals surface area contributed by atoms with Gasteiger partial charge in [0.15, 0.2) is 17.3 Å². The Bertz CT molecular complexity index is 1160. The van der Waals surface area contributed by atoms with Crippen molar-refractivity contribution in [3.8, 4) is 11.8 Å². The molecule has 198 valence electrons. The summed E-state index contributed by atoms with van der Waals surface area (Å²) in [6, 6.07) is 7.65. The van der Waals surface area contributed by atoms with Crippen LogP contribution in [0.2, 0.25) is 0 Å². The Labute approximate surface area is 218 Å². The molecule has 2 amide bonds. The summed E-state index contributed by atoms with van der Waals surface area (Å²) in [5.74, 6) is 6.38. The lowest BCUT2D eigenvalue weighted by Gasteiger charge is -2.25. The summed E-state index contributed by atoms with van der Waals surface area (Å²) < 4.78 is 10.6. The maximum absolute atomic E-state index is 12.2. The maximum atomic E-state index is 12.2. The number of aromatic nitrogens is 2. The van der Waals surface area contributed by atoms with Crippen LogP contribution in [0.3, 0.4) is 0 Å². The number of hydrogen-bond acceptors (Lipinski definition) is 8. The number of carbonyl (C=O) groups is 2. The van der Waals surface area contributed by atoms with E-state index in [2.05, 4.69) is 32.8 Å². The monoisotopic (exact) mass is 508 g/mol. The Morgan fingerprint density at radius 3 is 2.62 bits per heavy atom. The highest BCUT2D eigenvalue weighted by Crippen LogP contribution is 2.24. The average molecular weight is 509 g/mol. The fourth-order valence-electron chi connectivity index (χ4n) is 3.64. The zero-order chi connectivity index (χ0) is 26.8. The van der Waals surface area contributed by atoms with Crippen LogP contribution in [0.25, 0.3) is 0 Å². The van der Waals surface area contributed by atoms with Crippen molar-refractivity contribution in [3.63, 3.8) is 0 Å². The van der Waals surface area contributed by atoms with E-state index < -0.39 is 17.6 Å². The van der Waals surface area contributed by atoms with E-state index in [9.17, 15) is 9.59 Å². The fourth-order valence-corrected chi connectivity index (χ4v) is 3.64. The third-order valence-corrected chi connectivity index (χ3v) is 5.37. The van der Waals surface area contributed by atoms with Gasteiger partial charge >= 0.3 is 6.09 Å². The van der Waals surface area contributed by atoms with Crippen molar-refractivity contribution in [2.24, 2.45) is 5.73 Å². The molecule has 10 heteroatoms. The van der Waals surface area contributed by atoms with E-state index in [1.807, 2.05) is 52.0 Å². The number of aryl methyl sites for hydroxylation is 1. The molecule has 1 aliphatic heterocycles. The van der Waals surface area contributed by atoms with Gasteiger partial charge in [-0.1, -0.05) is 24.8 Å². The number of benzene rings is 1. The van der Waals surface area contributed by atoms with E-state index in [1.54, 1.807) is 0 Å². The Kier molecular flexibility index (Phi) is 9.69. The number of ether oxygens (including phenoxy) is 2. The van der Waals surface area contributed by atoms with Crippen LogP contribution in [0, 0.1) is 11.8 Å². The van der Waals surface area contributed by atoms with Gasteiger partial charge in [-0.25, -0.2) is 14.8 Å². The second-order valence-corrected chi connectivity index (χ2v) is 9.65. The first-order valence-corrected chi connectivity index (χ1v) is 12.5. The maximum Gasteiger partial charge on any atom is 0.407 e. The van der Waals surface area contributed by atoms with E-state index >= 15 is 0 Å². The molecule has 1 fully saturated rings. The number of alkyl carbamates (subject to hydrolysis) is 1. The van der Waals surface area contributed by atoms with E-state index in [1.165, 1.54) is 0 Å². The Morgan fingerprint density at radius 2 is 1.95 bits per heavy atom. The standard InChI is InChI=1S/C27H36N6O4/c1-5-21-24(30-19-12-15-36-16-13-19)33-25(22(32-21)23(28)34)31-20-11-8-10-18(17-20)9-6-7-14-29-26(35)37-27(2,3)4/h8,10-11,17,19H,5,7,12-16H2,1-4H3,(H2,28,34)(H,29,35)(H2,30,31,33). The summed E-state index contributed by atoms with van der Waals surface area (Å²) in [7, 11) is 0. The first kappa shape index (κ1) is 27.7. The van der Waals surface area contributed by atoms with Gasteiger partial charge in [-0.15, -0.1) is 0 Å². The molecule has 0 atom stereocenters. The Balaban J connectivity index is 1.70. The van der Waals surface area contributed by atoms with Gasteiger partial charge in [-0.05, 0) is 58.2 Å². The predicted molar refractivity (Wildman–Crippen MR) is 143 cm³/mol. The van der Waals surface area contributed by atoms with Crippen LogP contribution in [0.15, 0.2) is 24.3 Å². The van der Waals surface area contributed by atoms with Gasteiger partial charge in [-0.3, -0.25) is 4.79 Å². The first-order valence-electron chi connectivity index (χ1n) is 12.5. The van der Waals surface area contributed by atoms with Crippen molar-refractivity contribution < 1.29 is 19.1 Å². The molecule has 37 heavy (non-hydrogen) atoms. The number of nitrogens with zero attached hydrogens (tertiary/aromatic N) is 2. The van der Waals surface area contributed by atoms with Crippen molar-refractivity contribution in [3.05, 3.63) is 41.2 Å². The minimum absolute atomic E-state index is 0.0825. The molecule has 2 aromatic rings. The second kappa shape index (κ2) is 12.9. The van der Waals surface area contributed by atoms with Gasteiger partial charge in [0.2, 0.25) is 0 Å². The van der Waals surface area contributed by atoms with Crippen molar-refractivity contribution in [1.82, 2.24) is 15.3 Å². The average Bonchev–Trinajstić information content (AvgIpc) is 2.83. The zero-order valence-corrected chi connectivity index (χ0v) is 21.9. The van der Waals surface area contributed by atoms with Gasteiger partial charge in [0.1, 0.15) is 5.60 Å². The van der Waals surface area contributed by atoms with Gasteiger partial charge in [-0.2, -0.15) is 0 Å². The van der Waals surface area contributed by atoms with E-state index in [-0.39, 0.29) is 17.6 Å². The second-order valence-electron chi connectivity index (χ2n) is 9.65. The zero-order valence-electron chi connectivity index (χ0n) is 21.9. The minimum atomic E-state index is -0.657. The van der Waals surface area contributed by atoms with Crippen LogP contribution in [0.1, 0.15) is 68.7 Å². The summed E-state index contributed by atoms with van der Waals surface area (Å²) in [5.41, 5.74) is 7.31. The molecule has 1 aromatic heterocycles. The summed E-state index contributed by atoms with van der Waals surface area (Å²) in [5, 5.41) is 9.32. The van der Waals surface area contributed by atoms with Gasteiger partial charge in [0.25, 0.3) is 5.91 Å². The molecule has 2 heterocycles. The van der Waals surface area contributed by atoms with Crippen molar-refractivity contribution in [1.29, 1.82) is 0 Å². The fraction of sp³-hybridized carbons (Fsp3) is 0.481. The molecule has 0 radical (unpaired) electrons. The predicted octanol–water partition coefficient (Wildman–Crippen LogP) is 3.74. The van der Waals surface area contributed by atoms with Crippen LogP contribution < -0.4 is 21.7 Å². The molecule has 0 unspecified atom stereocenters. The Morgan fingerprint density at radius 1 is 1.19 bits per heavy atom. The molecular weight excluding hydrogens is 472 g/mol. The summed E-state index contributed by atoms with van der Waals surface area (Å²) >= 11 is 0. The molecule has 0 aliphatic carbocycles. The van der Waals surface area contributed by atoms with Crippen LogP contribution in [0.4, 0.5) is 22.1 Å². The molecular formula is C27H36N6O4. The normalized spacial score (nSPS) is 13.7. The summed E-state index contributed by atoms with van der Waals surface area (Å²) in [6.07, 6.45) is 2.35. The van der Waals surface area contributed by atoms with Gasteiger partial charge in [0, 0.05) is 43.5 Å². The van der Waals surface area contributed by atoms with Crippen molar-refractivity contribution in [2.75, 3.05) is 30.4 Å². The Hall–Kier alpha value is -3.84. The lowest BCUT2D eigenvalue weighted by Crippen LogP contribution is -2.32. The lowest BCUT2D eigenvalue weighted by molar-refractivity contribution is 0.0529. The molecule has 3 rings (SSSR count). The molecule has 0 spiro atoms.